The highest BCUT2D eigenvalue weighted by Crippen LogP contribution is 2.64. The molecule has 0 aliphatic rings. The zero-order valence-corrected chi connectivity index (χ0v) is 25.4. The summed E-state index contributed by atoms with van der Waals surface area (Å²) in [5, 5.41) is 0.331. The van der Waals surface area contributed by atoms with Crippen LogP contribution < -0.4 is 15.1 Å². The molecule has 23 heteroatoms. The zero-order chi connectivity index (χ0) is 39.2. The van der Waals surface area contributed by atoms with Crippen LogP contribution in [0.25, 0.3) is 11.0 Å². The Hall–Kier alpha value is -3.92. The van der Waals surface area contributed by atoms with E-state index < -0.39 is 77.8 Å². The normalized spacial score (nSPS) is 14.2. The third kappa shape index (κ3) is 7.26. The van der Waals surface area contributed by atoms with Gasteiger partial charge >= 0.3 is 59.2 Å². The number of ether oxygens (including phenoxy) is 2. The number of thioether (sulfide) groups is 1. The molecule has 3 rings (SSSR count). The number of hydrogen-bond acceptors (Lipinski definition) is 6. The van der Waals surface area contributed by atoms with E-state index in [4.69, 9.17) is 13.9 Å². The minimum absolute atomic E-state index is 0.0665. The lowest BCUT2D eigenvalue weighted by molar-refractivity contribution is -0.461. The fourth-order valence-electron chi connectivity index (χ4n) is 4.06. The quantitative estimate of drug-likeness (QED) is 0.0534. The molecule has 0 bridgehead atoms. The molecule has 1 aromatic heterocycles. The van der Waals surface area contributed by atoms with Crippen molar-refractivity contribution in [2.24, 2.45) is 0 Å². The van der Waals surface area contributed by atoms with Gasteiger partial charge in [-0.05, 0) is 42.0 Å². The Balaban J connectivity index is 1.70. The second-order valence-electron chi connectivity index (χ2n) is 10.3. The van der Waals surface area contributed by atoms with Crippen LogP contribution in [0.1, 0.15) is 12.0 Å². The van der Waals surface area contributed by atoms with E-state index in [2.05, 4.69) is 0 Å². The van der Waals surface area contributed by atoms with Crippen LogP contribution in [-0.2, 0) is 11.2 Å². The van der Waals surface area contributed by atoms with Crippen LogP contribution in [0, 0.1) is 0 Å². The first kappa shape index (κ1) is 41.5. The molecule has 2 aromatic carbocycles. The fourth-order valence-corrected chi connectivity index (χ4v) is 4.98. The maximum atomic E-state index is 14.2. The van der Waals surface area contributed by atoms with Gasteiger partial charge in [0.2, 0.25) is 0 Å². The van der Waals surface area contributed by atoms with E-state index in [1.165, 1.54) is 25.3 Å². The van der Waals surface area contributed by atoms with E-state index in [0.717, 1.165) is 30.3 Å². The highest BCUT2D eigenvalue weighted by atomic mass is 32.2. The molecule has 0 aliphatic carbocycles. The van der Waals surface area contributed by atoms with Gasteiger partial charge in [-0.1, -0.05) is 0 Å². The molecule has 0 unspecified atom stereocenters. The molecule has 0 spiro atoms. The number of alkyl halides is 17. The van der Waals surface area contributed by atoms with Gasteiger partial charge in [0, 0.05) is 34.6 Å². The average Bonchev–Trinajstić information content (AvgIpc) is 3.00. The molecule has 0 atom stereocenters. The summed E-state index contributed by atoms with van der Waals surface area (Å²) in [4.78, 5) is 24.1. The minimum atomic E-state index is -8.68. The summed E-state index contributed by atoms with van der Waals surface area (Å²) in [6.07, 6.45) is -10.9. The van der Waals surface area contributed by atoms with Crippen molar-refractivity contribution in [1.82, 2.24) is 0 Å². The van der Waals surface area contributed by atoms with Crippen LogP contribution in [0.2, 0.25) is 0 Å². The van der Waals surface area contributed by atoms with Gasteiger partial charge in [0.15, 0.2) is 0 Å². The molecule has 0 saturated carbocycles. The van der Waals surface area contributed by atoms with Gasteiger partial charge in [0.1, 0.15) is 17.1 Å². The number of rotatable bonds is 14. The number of halogens is 17. The first-order valence-corrected chi connectivity index (χ1v) is 14.2. The summed E-state index contributed by atoms with van der Waals surface area (Å²) in [5.74, 6) is -59.0. The van der Waals surface area contributed by atoms with Crippen molar-refractivity contribution in [2.75, 3.05) is 12.9 Å². The average molecular weight is 788 g/mol. The molecule has 51 heavy (non-hydrogen) atoms. The molecule has 0 aliphatic heterocycles. The summed E-state index contributed by atoms with van der Waals surface area (Å²) < 4.78 is 243. The third-order valence-corrected chi connectivity index (χ3v) is 7.91. The summed E-state index contributed by atoms with van der Waals surface area (Å²) in [7, 11) is 1.34. The highest BCUT2D eigenvalue weighted by molar-refractivity contribution is 7.99. The Morgan fingerprint density at radius 1 is 0.667 bits per heavy atom. The van der Waals surface area contributed by atoms with Crippen molar-refractivity contribution in [3.63, 3.8) is 0 Å². The molecule has 0 N–H and O–H groups in total. The van der Waals surface area contributed by atoms with Crippen molar-refractivity contribution >= 4 is 28.7 Å². The molecular weight excluding hydrogens is 771 g/mol. The van der Waals surface area contributed by atoms with E-state index in [1.807, 2.05) is 0 Å². The van der Waals surface area contributed by atoms with Crippen molar-refractivity contribution in [3.05, 3.63) is 64.5 Å². The SMILES string of the molecule is COc1ccc2c(CC(=O)Oc3ccc(SCCC(F)(F)C(F)(F)C(F)(F)C(F)(F)C(F)(F)C(F)(F)C(F)(F)C(F)(F)F)cc3)cc(=O)oc2c1. The monoisotopic (exact) mass is 788 g/mol. The Morgan fingerprint density at radius 2 is 1.16 bits per heavy atom. The fraction of sp³-hybridized carbons (Fsp3) is 0.429. The van der Waals surface area contributed by atoms with Crippen molar-refractivity contribution in [2.45, 2.75) is 65.4 Å². The molecular formula is C28H17F17O5S. The topological polar surface area (TPSA) is 65.7 Å². The highest BCUT2D eigenvalue weighted by Gasteiger charge is 2.95. The maximum absolute atomic E-state index is 14.2. The van der Waals surface area contributed by atoms with E-state index in [1.54, 1.807) is 0 Å². The first-order chi connectivity index (χ1) is 23.0. The van der Waals surface area contributed by atoms with Gasteiger partial charge in [-0.2, -0.15) is 74.6 Å². The Morgan fingerprint density at radius 3 is 1.67 bits per heavy atom. The second kappa shape index (κ2) is 13.6. The van der Waals surface area contributed by atoms with Crippen molar-refractivity contribution in [1.29, 1.82) is 0 Å². The molecule has 0 fully saturated rings. The Kier molecular flexibility index (Phi) is 11.0. The standard InChI is InChI=1S/C28H17F17O5S/c1-48-15-4-7-17-13(11-20(47)50-18(17)12-15)10-19(46)49-14-2-5-16(6-3-14)51-9-8-21(29,30)22(31,32)23(33,34)24(35,36)25(37,38)26(39,40)27(41,42)28(43,44)45/h2-7,11-12H,8-10H2,1H3. The number of fused-ring (bicyclic) bond motifs is 1. The molecule has 5 nitrogen and oxygen atoms in total. The van der Waals surface area contributed by atoms with Gasteiger partial charge in [-0.25, -0.2) is 4.79 Å². The van der Waals surface area contributed by atoms with Crippen LogP contribution in [-0.4, -0.2) is 66.5 Å². The van der Waals surface area contributed by atoms with Crippen LogP contribution in [0.5, 0.6) is 11.5 Å². The van der Waals surface area contributed by atoms with Crippen molar-refractivity contribution < 1.29 is 93.3 Å². The van der Waals surface area contributed by atoms with Crippen LogP contribution in [0.3, 0.4) is 0 Å². The Labute approximate surface area is 276 Å². The van der Waals surface area contributed by atoms with E-state index in [-0.39, 0.29) is 33.6 Å². The van der Waals surface area contributed by atoms with Gasteiger partial charge in [-0.15, -0.1) is 11.8 Å². The smallest absolute Gasteiger partial charge is 0.460 e. The van der Waals surface area contributed by atoms with Crippen molar-refractivity contribution in [3.8, 4) is 11.5 Å². The van der Waals surface area contributed by atoms with Crippen LogP contribution >= 0.6 is 11.8 Å². The number of carbonyl (C=O) groups excluding carboxylic acids is 1. The number of methoxy groups -OCH3 is 1. The largest absolute Gasteiger partial charge is 0.497 e. The van der Waals surface area contributed by atoms with Gasteiger partial charge < -0.3 is 13.9 Å². The number of benzene rings is 2. The second-order valence-corrected chi connectivity index (χ2v) is 11.5. The predicted octanol–water partition coefficient (Wildman–Crippen LogP) is 9.44. The molecule has 284 valence electrons. The summed E-state index contributed by atoms with van der Waals surface area (Å²) >= 11 is 0.0997. The maximum Gasteiger partial charge on any atom is 0.460 e. The summed E-state index contributed by atoms with van der Waals surface area (Å²) in [6, 6.07) is 9.25. The number of carbonyl (C=O) groups is 1. The zero-order valence-electron chi connectivity index (χ0n) is 24.6. The van der Waals surface area contributed by atoms with Crippen LogP contribution in [0.15, 0.2) is 62.6 Å². The lowest BCUT2D eigenvalue weighted by Gasteiger charge is -2.42. The molecule has 0 saturated heterocycles. The molecule has 3 aromatic rings. The lowest BCUT2D eigenvalue weighted by atomic mass is 9.88. The minimum Gasteiger partial charge on any atom is -0.497 e. The number of hydrogen-bond donors (Lipinski definition) is 0. The lowest BCUT2D eigenvalue weighted by Crippen LogP contribution is -2.74. The van der Waals surface area contributed by atoms with Gasteiger partial charge in [0.05, 0.1) is 13.5 Å². The number of esters is 1. The Bertz CT molecular complexity index is 1790. The predicted molar refractivity (Wildman–Crippen MR) is 141 cm³/mol. The third-order valence-electron chi connectivity index (χ3n) is 6.90. The molecule has 1 heterocycles. The molecule has 0 radical (unpaired) electrons. The van der Waals surface area contributed by atoms with E-state index >= 15 is 0 Å². The molecule has 0 amide bonds. The van der Waals surface area contributed by atoms with E-state index in [9.17, 15) is 84.2 Å². The van der Waals surface area contributed by atoms with Crippen LogP contribution in [0.4, 0.5) is 74.6 Å². The first-order valence-electron chi connectivity index (χ1n) is 13.2. The van der Waals surface area contributed by atoms with Gasteiger partial charge in [-0.3, -0.25) is 4.79 Å². The van der Waals surface area contributed by atoms with Gasteiger partial charge in [0.25, 0.3) is 0 Å². The van der Waals surface area contributed by atoms with E-state index in [0.29, 0.717) is 11.1 Å². The summed E-state index contributed by atoms with van der Waals surface area (Å²) in [5.41, 5.74) is -0.596. The summed E-state index contributed by atoms with van der Waals surface area (Å²) in [6.45, 7) is 0.